The molecule has 1 fully saturated rings. The van der Waals surface area contributed by atoms with Gasteiger partial charge in [-0.2, -0.15) is 0 Å². The molecule has 1 aromatic heterocycles. The molecule has 3 aromatic rings. The lowest BCUT2D eigenvalue weighted by molar-refractivity contribution is -0.129. The summed E-state index contributed by atoms with van der Waals surface area (Å²) in [5, 5.41) is 2.83. The average molecular weight is 399 g/mol. The predicted molar refractivity (Wildman–Crippen MR) is 117 cm³/mol. The van der Waals surface area contributed by atoms with Gasteiger partial charge in [-0.1, -0.05) is 54.6 Å². The molecule has 5 nitrogen and oxygen atoms in total. The van der Waals surface area contributed by atoms with E-state index in [1.165, 1.54) is 0 Å². The maximum absolute atomic E-state index is 12.9. The Morgan fingerprint density at radius 3 is 2.47 bits per heavy atom. The zero-order valence-electron chi connectivity index (χ0n) is 17.0. The summed E-state index contributed by atoms with van der Waals surface area (Å²) in [7, 11) is 1.66. The number of benzene rings is 2. The Labute approximate surface area is 176 Å². The molecule has 152 valence electrons. The van der Waals surface area contributed by atoms with Crippen LogP contribution in [0.4, 0.5) is 0 Å². The maximum atomic E-state index is 12.9. The van der Waals surface area contributed by atoms with Crippen molar-refractivity contribution in [3.63, 3.8) is 0 Å². The fourth-order valence-electron chi connectivity index (χ4n) is 4.28. The van der Waals surface area contributed by atoms with E-state index in [4.69, 9.17) is 0 Å². The summed E-state index contributed by atoms with van der Waals surface area (Å²) in [6.45, 7) is 0.969. The Balaban J connectivity index is 1.59. The highest BCUT2D eigenvalue weighted by Crippen LogP contribution is 2.36. The van der Waals surface area contributed by atoms with Crippen molar-refractivity contribution < 1.29 is 9.59 Å². The standard InChI is InChI=1S/C25H25N3O2/c1-26-24(30)25(12-15-28(18-25)23(29)21-10-13-27-14-11-21)17-19-6-5-9-22(16-19)20-7-3-2-4-8-20/h2-11,13-14,16H,12,15,17-18H2,1H3,(H,26,30). The lowest BCUT2D eigenvalue weighted by Gasteiger charge is -2.28. The van der Waals surface area contributed by atoms with E-state index in [1.807, 2.05) is 24.3 Å². The van der Waals surface area contributed by atoms with Crippen molar-refractivity contribution in [1.29, 1.82) is 0 Å². The molecule has 5 heteroatoms. The highest BCUT2D eigenvalue weighted by Gasteiger charge is 2.45. The van der Waals surface area contributed by atoms with Crippen LogP contribution in [0.2, 0.25) is 0 Å². The second-order valence-corrected chi connectivity index (χ2v) is 7.82. The minimum Gasteiger partial charge on any atom is -0.359 e. The summed E-state index contributed by atoms with van der Waals surface area (Å²) in [6, 6.07) is 22.0. The Morgan fingerprint density at radius 1 is 1.00 bits per heavy atom. The number of hydrogen-bond donors (Lipinski definition) is 1. The van der Waals surface area contributed by atoms with E-state index in [0.29, 0.717) is 31.5 Å². The number of nitrogens with one attached hydrogen (secondary N) is 1. The molecule has 2 amide bonds. The largest absolute Gasteiger partial charge is 0.359 e. The van der Waals surface area contributed by atoms with Crippen LogP contribution in [0.15, 0.2) is 79.1 Å². The van der Waals surface area contributed by atoms with Crippen LogP contribution in [0.5, 0.6) is 0 Å². The highest BCUT2D eigenvalue weighted by atomic mass is 16.2. The summed E-state index contributed by atoms with van der Waals surface area (Å²) in [4.78, 5) is 31.6. The highest BCUT2D eigenvalue weighted by molar-refractivity contribution is 5.95. The number of aromatic nitrogens is 1. The Kier molecular flexibility index (Phi) is 5.61. The molecule has 0 bridgehead atoms. The van der Waals surface area contributed by atoms with E-state index in [9.17, 15) is 9.59 Å². The van der Waals surface area contributed by atoms with E-state index in [0.717, 1.165) is 16.7 Å². The molecule has 1 saturated heterocycles. The molecule has 1 aliphatic heterocycles. The van der Waals surface area contributed by atoms with Gasteiger partial charge in [-0.3, -0.25) is 14.6 Å². The van der Waals surface area contributed by atoms with E-state index in [2.05, 4.69) is 40.6 Å². The predicted octanol–water partition coefficient (Wildman–Crippen LogP) is 3.57. The Bertz CT molecular complexity index is 1040. The normalized spacial score (nSPS) is 18.2. The third-order valence-corrected chi connectivity index (χ3v) is 5.85. The molecule has 1 atom stereocenters. The fraction of sp³-hybridized carbons (Fsp3) is 0.240. The first-order chi connectivity index (χ1) is 14.6. The molecule has 2 heterocycles. The summed E-state index contributed by atoms with van der Waals surface area (Å²) in [5.41, 5.74) is 3.34. The summed E-state index contributed by atoms with van der Waals surface area (Å²) < 4.78 is 0. The van der Waals surface area contributed by atoms with Crippen LogP contribution < -0.4 is 5.32 Å². The monoisotopic (exact) mass is 399 g/mol. The number of hydrogen-bond acceptors (Lipinski definition) is 3. The van der Waals surface area contributed by atoms with Crippen molar-refractivity contribution in [3.05, 3.63) is 90.3 Å². The number of likely N-dealkylation sites (tertiary alicyclic amines) is 1. The average Bonchev–Trinajstić information content (AvgIpc) is 3.24. The van der Waals surface area contributed by atoms with Crippen LogP contribution in [0.3, 0.4) is 0 Å². The number of amides is 2. The molecule has 0 radical (unpaired) electrons. The second-order valence-electron chi connectivity index (χ2n) is 7.82. The number of nitrogens with zero attached hydrogens (tertiary/aromatic N) is 2. The molecule has 4 rings (SSSR count). The molecular formula is C25H25N3O2. The molecule has 0 aliphatic carbocycles. The first-order valence-corrected chi connectivity index (χ1v) is 10.2. The first-order valence-electron chi connectivity index (χ1n) is 10.2. The Morgan fingerprint density at radius 2 is 1.73 bits per heavy atom. The van der Waals surface area contributed by atoms with Gasteiger partial charge in [0.25, 0.3) is 5.91 Å². The molecule has 30 heavy (non-hydrogen) atoms. The second kappa shape index (κ2) is 8.49. The number of carbonyl (C=O) groups is 2. The van der Waals surface area contributed by atoms with Crippen LogP contribution in [0.1, 0.15) is 22.3 Å². The fourth-order valence-corrected chi connectivity index (χ4v) is 4.28. The number of rotatable bonds is 5. The van der Waals surface area contributed by atoms with Gasteiger partial charge in [0.2, 0.25) is 5.91 Å². The van der Waals surface area contributed by atoms with Gasteiger partial charge in [0.15, 0.2) is 0 Å². The summed E-state index contributed by atoms with van der Waals surface area (Å²) in [6.07, 6.45) is 4.46. The van der Waals surface area contributed by atoms with Crippen LogP contribution in [0.25, 0.3) is 11.1 Å². The third kappa shape index (κ3) is 3.96. The van der Waals surface area contributed by atoms with Gasteiger partial charge in [-0.15, -0.1) is 0 Å². The van der Waals surface area contributed by atoms with Gasteiger partial charge in [0, 0.05) is 38.1 Å². The number of pyridine rings is 1. The van der Waals surface area contributed by atoms with Crippen molar-refractivity contribution in [2.24, 2.45) is 5.41 Å². The van der Waals surface area contributed by atoms with Crippen molar-refractivity contribution >= 4 is 11.8 Å². The van der Waals surface area contributed by atoms with E-state index < -0.39 is 5.41 Å². The Hall–Kier alpha value is -3.47. The van der Waals surface area contributed by atoms with Crippen molar-refractivity contribution in [1.82, 2.24) is 15.2 Å². The summed E-state index contributed by atoms with van der Waals surface area (Å²) >= 11 is 0. The third-order valence-electron chi connectivity index (χ3n) is 5.85. The molecule has 1 aliphatic rings. The number of carbonyl (C=O) groups excluding carboxylic acids is 2. The van der Waals surface area contributed by atoms with Gasteiger partial charge in [-0.25, -0.2) is 0 Å². The molecule has 1 N–H and O–H groups in total. The van der Waals surface area contributed by atoms with E-state index in [-0.39, 0.29) is 11.8 Å². The van der Waals surface area contributed by atoms with Crippen molar-refractivity contribution in [2.75, 3.05) is 20.1 Å². The van der Waals surface area contributed by atoms with Crippen LogP contribution in [0, 0.1) is 5.41 Å². The van der Waals surface area contributed by atoms with Crippen molar-refractivity contribution in [2.45, 2.75) is 12.8 Å². The minimum absolute atomic E-state index is 0.0161. The van der Waals surface area contributed by atoms with Gasteiger partial charge >= 0.3 is 0 Å². The quantitative estimate of drug-likeness (QED) is 0.713. The van der Waals surface area contributed by atoms with Gasteiger partial charge in [0.05, 0.1) is 5.41 Å². The van der Waals surface area contributed by atoms with Crippen LogP contribution in [-0.2, 0) is 11.2 Å². The van der Waals surface area contributed by atoms with Gasteiger partial charge in [0.1, 0.15) is 0 Å². The SMILES string of the molecule is CNC(=O)C1(Cc2cccc(-c3ccccc3)c2)CCN(C(=O)c2ccncc2)C1. The molecule has 1 unspecified atom stereocenters. The smallest absolute Gasteiger partial charge is 0.253 e. The first kappa shape index (κ1) is 19.8. The molecule has 0 saturated carbocycles. The van der Waals surface area contributed by atoms with Gasteiger partial charge in [-0.05, 0) is 41.7 Å². The zero-order chi connectivity index (χ0) is 21.0. The van der Waals surface area contributed by atoms with Gasteiger partial charge < -0.3 is 10.2 Å². The lowest BCUT2D eigenvalue weighted by Crippen LogP contribution is -2.44. The maximum Gasteiger partial charge on any atom is 0.253 e. The zero-order valence-corrected chi connectivity index (χ0v) is 17.0. The molecule has 0 spiro atoms. The van der Waals surface area contributed by atoms with E-state index >= 15 is 0 Å². The van der Waals surface area contributed by atoms with Crippen LogP contribution >= 0.6 is 0 Å². The summed E-state index contributed by atoms with van der Waals surface area (Å²) in [5.74, 6) is -0.0705. The minimum atomic E-state index is -0.632. The topological polar surface area (TPSA) is 62.3 Å². The van der Waals surface area contributed by atoms with E-state index in [1.54, 1.807) is 36.5 Å². The molecular weight excluding hydrogens is 374 g/mol. The molecule has 2 aromatic carbocycles. The van der Waals surface area contributed by atoms with Crippen molar-refractivity contribution in [3.8, 4) is 11.1 Å². The van der Waals surface area contributed by atoms with Crippen LogP contribution in [-0.4, -0.2) is 41.8 Å². The lowest BCUT2D eigenvalue weighted by atomic mass is 9.79.